The number of H-pyrrole nitrogens is 1. The fourth-order valence-electron chi connectivity index (χ4n) is 3.31. The zero-order valence-corrected chi connectivity index (χ0v) is 14.8. The molecule has 2 amide bonds. The molecule has 0 unspecified atom stereocenters. The standard InChI is InChI=1S/C17H29N5O2/c1-12(2)9-15(16(23)18-3)22-8-4-5-14(22)17(24)20-7-6-13-10-19-11-21-13/h10-12,14-15H,4-9H2,1-3H3,(H,18,23)(H,19,21)(H,20,24)/t14-,15+/m0/s1. The van der Waals surface area contributed by atoms with Crippen LogP contribution in [0.25, 0.3) is 0 Å². The third kappa shape index (κ3) is 4.80. The third-order valence-corrected chi connectivity index (χ3v) is 4.49. The van der Waals surface area contributed by atoms with Gasteiger partial charge in [0.15, 0.2) is 0 Å². The highest BCUT2D eigenvalue weighted by atomic mass is 16.2. The Hall–Kier alpha value is -1.89. The van der Waals surface area contributed by atoms with E-state index in [9.17, 15) is 9.59 Å². The Balaban J connectivity index is 1.94. The molecule has 24 heavy (non-hydrogen) atoms. The van der Waals surface area contributed by atoms with Gasteiger partial charge in [-0.2, -0.15) is 0 Å². The maximum absolute atomic E-state index is 12.6. The number of rotatable bonds is 8. The summed E-state index contributed by atoms with van der Waals surface area (Å²) in [5.41, 5.74) is 1.00. The van der Waals surface area contributed by atoms with Gasteiger partial charge in [0.1, 0.15) is 0 Å². The van der Waals surface area contributed by atoms with Crippen molar-refractivity contribution in [1.29, 1.82) is 0 Å². The minimum Gasteiger partial charge on any atom is -0.358 e. The molecule has 0 spiro atoms. The zero-order chi connectivity index (χ0) is 17.5. The van der Waals surface area contributed by atoms with E-state index in [1.54, 1.807) is 19.6 Å². The number of aromatic nitrogens is 2. The molecule has 0 bridgehead atoms. The average Bonchev–Trinajstić information content (AvgIpc) is 3.22. The molecule has 2 atom stereocenters. The number of aromatic amines is 1. The Morgan fingerprint density at radius 2 is 2.25 bits per heavy atom. The fraction of sp³-hybridized carbons (Fsp3) is 0.706. The Morgan fingerprint density at radius 1 is 1.46 bits per heavy atom. The van der Waals surface area contributed by atoms with E-state index in [0.717, 1.165) is 37.9 Å². The molecule has 134 valence electrons. The van der Waals surface area contributed by atoms with E-state index in [4.69, 9.17) is 0 Å². The van der Waals surface area contributed by atoms with Crippen LogP contribution in [0, 0.1) is 5.92 Å². The summed E-state index contributed by atoms with van der Waals surface area (Å²) in [6.45, 7) is 5.57. The first-order valence-electron chi connectivity index (χ1n) is 8.75. The van der Waals surface area contributed by atoms with Crippen molar-refractivity contribution >= 4 is 11.8 Å². The molecule has 7 nitrogen and oxygen atoms in total. The second-order valence-electron chi connectivity index (χ2n) is 6.77. The van der Waals surface area contributed by atoms with Crippen molar-refractivity contribution in [2.24, 2.45) is 5.92 Å². The maximum atomic E-state index is 12.6. The van der Waals surface area contributed by atoms with E-state index in [1.807, 2.05) is 0 Å². The summed E-state index contributed by atoms with van der Waals surface area (Å²) < 4.78 is 0. The highest BCUT2D eigenvalue weighted by molar-refractivity contribution is 5.85. The summed E-state index contributed by atoms with van der Waals surface area (Å²) in [5.74, 6) is 0.419. The van der Waals surface area contributed by atoms with Crippen LogP contribution in [0.1, 0.15) is 38.8 Å². The van der Waals surface area contributed by atoms with Crippen molar-refractivity contribution in [3.8, 4) is 0 Å². The molecule has 0 aromatic carbocycles. The van der Waals surface area contributed by atoms with Gasteiger partial charge in [-0.1, -0.05) is 13.8 Å². The smallest absolute Gasteiger partial charge is 0.237 e. The molecule has 1 aliphatic heterocycles. The first-order valence-corrected chi connectivity index (χ1v) is 8.75. The number of carbonyl (C=O) groups is 2. The number of likely N-dealkylation sites (tertiary alicyclic amines) is 1. The van der Waals surface area contributed by atoms with Crippen molar-refractivity contribution in [2.75, 3.05) is 20.1 Å². The van der Waals surface area contributed by atoms with Crippen molar-refractivity contribution in [2.45, 2.75) is 51.6 Å². The lowest BCUT2D eigenvalue weighted by molar-refractivity contribution is -0.131. The number of amides is 2. The van der Waals surface area contributed by atoms with Crippen LogP contribution in [0.5, 0.6) is 0 Å². The van der Waals surface area contributed by atoms with Gasteiger partial charge in [0.25, 0.3) is 0 Å². The van der Waals surface area contributed by atoms with Crippen LogP contribution in [0.15, 0.2) is 12.5 Å². The van der Waals surface area contributed by atoms with E-state index in [0.29, 0.717) is 12.5 Å². The molecule has 1 fully saturated rings. The Morgan fingerprint density at radius 3 is 2.88 bits per heavy atom. The predicted octanol–water partition coefficient (Wildman–Crippen LogP) is 0.694. The maximum Gasteiger partial charge on any atom is 0.237 e. The van der Waals surface area contributed by atoms with Crippen LogP contribution in [0.3, 0.4) is 0 Å². The summed E-state index contributed by atoms with van der Waals surface area (Å²) >= 11 is 0. The van der Waals surface area contributed by atoms with Crippen LogP contribution in [0.4, 0.5) is 0 Å². The SMILES string of the molecule is CNC(=O)[C@@H](CC(C)C)N1CCC[C@H]1C(=O)NCCc1cnc[nH]1. The summed E-state index contributed by atoms with van der Waals surface area (Å²) in [5, 5.41) is 5.74. The fourth-order valence-corrected chi connectivity index (χ4v) is 3.31. The molecule has 2 rings (SSSR count). The van der Waals surface area contributed by atoms with Crippen molar-refractivity contribution in [3.05, 3.63) is 18.2 Å². The lowest BCUT2D eigenvalue weighted by Crippen LogP contribution is -2.53. The normalized spacial score (nSPS) is 19.4. The Kier molecular flexibility index (Phi) is 6.78. The molecule has 7 heteroatoms. The minimum atomic E-state index is -0.235. The predicted molar refractivity (Wildman–Crippen MR) is 92.3 cm³/mol. The second-order valence-corrected chi connectivity index (χ2v) is 6.77. The largest absolute Gasteiger partial charge is 0.358 e. The van der Waals surface area contributed by atoms with E-state index in [-0.39, 0.29) is 23.9 Å². The number of imidazole rings is 1. The molecule has 0 aliphatic carbocycles. The van der Waals surface area contributed by atoms with Gasteiger partial charge in [-0.3, -0.25) is 14.5 Å². The first kappa shape index (κ1) is 18.4. The van der Waals surface area contributed by atoms with E-state index < -0.39 is 0 Å². The lowest BCUT2D eigenvalue weighted by atomic mass is 10.0. The Bertz CT molecular complexity index is 529. The molecule has 2 heterocycles. The number of hydrogen-bond acceptors (Lipinski definition) is 4. The number of nitrogens with one attached hydrogen (secondary N) is 3. The molecule has 1 aromatic rings. The van der Waals surface area contributed by atoms with E-state index in [2.05, 4.69) is 39.3 Å². The van der Waals surface area contributed by atoms with Gasteiger partial charge in [0.05, 0.1) is 18.4 Å². The van der Waals surface area contributed by atoms with Gasteiger partial charge in [-0.15, -0.1) is 0 Å². The van der Waals surface area contributed by atoms with Crippen LogP contribution in [-0.2, 0) is 16.0 Å². The Labute approximate surface area is 143 Å². The van der Waals surface area contributed by atoms with Gasteiger partial charge in [-0.05, 0) is 31.7 Å². The highest BCUT2D eigenvalue weighted by Gasteiger charge is 2.38. The van der Waals surface area contributed by atoms with Crippen LogP contribution in [0.2, 0.25) is 0 Å². The van der Waals surface area contributed by atoms with Crippen molar-refractivity contribution in [3.63, 3.8) is 0 Å². The summed E-state index contributed by atoms with van der Waals surface area (Å²) in [6.07, 6.45) is 6.64. The second kappa shape index (κ2) is 8.82. The lowest BCUT2D eigenvalue weighted by Gasteiger charge is -2.32. The summed E-state index contributed by atoms with van der Waals surface area (Å²) in [4.78, 5) is 33.9. The number of nitrogens with zero attached hydrogens (tertiary/aromatic N) is 2. The summed E-state index contributed by atoms with van der Waals surface area (Å²) in [6, 6.07) is -0.450. The topological polar surface area (TPSA) is 90.1 Å². The third-order valence-electron chi connectivity index (χ3n) is 4.49. The first-order chi connectivity index (χ1) is 11.5. The molecule has 1 aliphatic rings. The molecular formula is C17H29N5O2. The van der Waals surface area contributed by atoms with Gasteiger partial charge in [0.2, 0.25) is 11.8 Å². The van der Waals surface area contributed by atoms with Crippen molar-refractivity contribution < 1.29 is 9.59 Å². The highest BCUT2D eigenvalue weighted by Crippen LogP contribution is 2.24. The van der Waals surface area contributed by atoms with Crippen LogP contribution < -0.4 is 10.6 Å². The number of hydrogen-bond donors (Lipinski definition) is 3. The number of likely N-dealkylation sites (N-methyl/N-ethyl adjacent to an activating group) is 1. The van der Waals surface area contributed by atoms with Gasteiger partial charge in [0, 0.05) is 31.9 Å². The van der Waals surface area contributed by atoms with E-state index >= 15 is 0 Å². The molecule has 3 N–H and O–H groups in total. The molecule has 0 saturated carbocycles. The van der Waals surface area contributed by atoms with Crippen LogP contribution >= 0.6 is 0 Å². The zero-order valence-electron chi connectivity index (χ0n) is 14.8. The molecule has 1 saturated heterocycles. The monoisotopic (exact) mass is 335 g/mol. The average molecular weight is 335 g/mol. The van der Waals surface area contributed by atoms with Crippen molar-refractivity contribution in [1.82, 2.24) is 25.5 Å². The summed E-state index contributed by atoms with van der Waals surface area (Å²) in [7, 11) is 1.66. The molecule has 1 aromatic heterocycles. The molecule has 0 radical (unpaired) electrons. The van der Waals surface area contributed by atoms with Crippen LogP contribution in [-0.4, -0.2) is 58.9 Å². The van der Waals surface area contributed by atoms with Gasteiger partial charge in [-0.25, -0.2) is 4.98 Å². The van der Waals surface area contributed by atoms with E-state index in [1.165, 1.54) is 0 Å². The minimum absolute atomic E-state index is 0.000796. The molecular weight excluding hydrogens is 306 g/mol. The number of carbonyl (C=O) groups excluding carboxylic acids is 2. The quantitative estimate of drug-likeness (QED) is 0.652. The van der Waals surface area contributed by atoms with Gasteiger partial charge < -0.3 is 15.6 Å². The van der Waals surface area contributed by atoms with Gasteiger partial charge >= 0.3 is 0 Å².